The molecule has 0 spiro atoms. The molecular formula is C63H70N2O9. The molecule has 6 atom stereocenters. The number of hydrogen-bond acceptors (Lipinski definition) is 10. The van der Waals surface area contributed by atoms with Gasteiger partial charge in [0.2, 0.25) is 5.79 Å². The van der Waals surface area contributed by atoms with Crippen molar-refractivity contribution in [3.63, 3.8) is 0 Å². The highest BCUT2D eigenvalue weighted by molar-refractivity contribution is 6.03. The summed E-state index contributed by atoms with van der Waals surface area (Å²) in [4.78, 5) is 23.5. The molecule has 0 saturated heterocycles. The van der Waals surface area contributed by atoms with Crippen molar-refractivity contribution in [3.05, 3.63) is 197 Å². The molecular weight excluding hydrogens is 929 g/mol. The van der Waals surface area contributed by atoms with E-state index in [0.29, 0.717) is 36.7 Å². The standard InChI is InChI=1S/C63H70N2O9/c1-4-34-71-63-59(65(41-50-25-17-24-48-22-11-12-26-53(48)50)62(68)70-36-35-69-42-46-18-7-5-8-19-46)40-57(64-72-43-47-20-9-6-10-21-47)55-38-49(23-13-15-32-66)54(27-14-16-33-67)60(61(55)63)56-39-52(30-31-58(56)74-63)73-51-29-28-44(2)45(3)37-51/h4-12,17-22,24-26,28-31,37-39,49,54,59-61,66-67H,1,13-16,23,27,32-36,40-43H2,2-3H3. The molecule has 6 unspecified atom stereocenters. The van der Waals surface area contributed by atoms with E-state index in [1.54, 1.807) is 11.0 Å². The van der Waals surface area contributed by atoms with E-state index in [2.05, 4.69) is 69.0 Å². The van der Waals surface area contributed by atoms with E-state index in [9.17, 15) is 10.2 Å². The monoisotopic (exact) mass is 999 g/mol. The Balaban J connectivity index is 1.21. The van der Waals surface area contributed by atoms with Gasteiger partial charge in [-0.25, -0.2) is 4.79 Å². The van der Waals surface area contributed by atoms with Gasteiger partial charge in [0.1, 0.15) is 36.5 Å². The van der Waals surface area contributed by atoms with E-state index in [1.807, 2.05) is 97.1 Å². The van der Waals surface area contributed by atoms with Crippen molar-refractivity contribution in [2.75, 3.05) is 33.0 Å². The van der Waals surface area contributed by atoms with E-state index in [-0.39, 0.29) is 70.4 Å². The number of carbonyl (C=O) groups is 1. The molecule has 1 aliphatic heterocycles. The second kappa shape index (κ2) is 25.0. The number of amides is 1. The Morgan fingerprint density at radius 2 is 1.49 bits per heavy atom. The first kappa shape index (κ1) is 52.1. The molecule has 6 aromatic carbocycles. The van der Waals surface area contributed by atoms with Crippen molar-refractivity contribution in [1.29, 1.82) is 0 Å². The maximum Gasteiger partial charge on any atom is 0.410 e. The fourth-order valence-electron chi connectivity index (χ4n) is 11.3. The molecule has 6 aromatic rings. The number of ether oxygens (including phenoxy) is 5. The van der Waals surface area contributed by atoms with E-state index in [4.69, 9.17) is 33.7 Å². The summed E-state index contributed by atoms with van der Waals surface area (Å²) in [6, 6.07) is 45.5. The zero-order valence-electron chi connectivity index (χ0n) is 42.8. The molecule has 11 heteroatoms. The fraction of sp³-hybridized carbons (Fsp3) is 0.365. The lowest BCUT2D eigenvalue weighted by Crippen LogP contribution is -2.70. The Morgan fingerprint density at radius 1 is 0.784 bits per heavy atom. The van der Waals surface area contributed by atoms with Crippen LogP contribution < -0.4 is 9.47 Å². The van der Waals surface area contributed by atoms with Gasteiger partial charge in [0.05, 0.1) is 38.0 Å². The second-order valence-corrected chi connectivity index (χ2v) is 19.8. The first-order chi connectivity index (χ1) is 36.3. The summed E-state index contributed by atoms with van der Waals surface area (Å²) >= 11 is 0. The highest BCUT2D eigenvalue weighted by atomic mass is 16.7. The van der Waals surface area contributed by atoms with Gasteiger partial charge in [-0.1, -0.05) is 139 Å². The molecule has 9 rings (SSSR count). The lowest BCUT2D eigenvalue weighted by Gasteiger charge is -2.59. The van der Waals surface area contributed by atoms with Crippen molar-refractivity contribution < 1.29 is 43.5 Å². The largest absolute Gasteiger partial charge is 0.459 e. The van der Waals surface area contributed by atoms with E-state index < -0.39 is 23.8 Å². The van der Waals surface area contributed by atoms with Gasteiger partial charge < -0.3 is 38.7 Å². The van der Waals surface area contributed by atoms with Gasteiger partial charge in [0.15, 0.2) is 0 Å². The van der Waals surface area contributed by atoms with E-state index in [0.717, 1.165) is 75.6 Å². The molecule has 1 fully saturated rings. The van der Waals surface area contributed by atoms with Crippen LogP contribution >= 0.6 is 0 Å². The van der Waals surface area contributed by atoms with Gasteiger partial charge >= 0.3 is 6.09 Å². The Morgan fingerprint density at radius 3 is 2.24 bits per heavy atom. The zero-order chi connectivity index (χ0) is 51.3. The molecule has 2 N–H and O–H groups in total. The SMILES string of the molecule is C=CCOC12Oc3ccc(Oc4ccc(C)c(C)c4)cc3C3C(CCCCO)C(CCCCO)C=C(C(=NOCc4ccccc4)CC1N(Cc1cccc4ccccc14)C(=O)OCCOCc1ccccc1)C32. The average molecular weight is 999 g/mol. The summed E-state index contributed by atoms with van der Waals surface area (Å²) in [5.41, 5.74) is 7.82. The molecule has 1 amide bonds. The number of benzene rings is 6. The highest BCUT2D eigenvalue weighted by Crippen LogP contribution is 2.62. The topological polar surface area (TPSA) is 129 Å². The summed E-state index contributed by atoms with van der Waals surface area (Å²) < 4.78 is 33.9. The number of rotatable bonds is 24. The summed E-state index contributed by atoms with van der Waals surface area (Å²) in [5, 5.41) is 27.4. The fourth-order valence-corrected chi connectivity index (χ4v) is 11.3. The van der Waals surface area contributed by atoms with Crippen LogP contribution in [0.3, 0.4) is 0 Å². The minimum atomic E-state index is -1.51. The zero-order valence-corrected chi connectivity index (χ0v) is 42.8. The third kappa shape index (κ3) is 11.9. The van der Waals surface area contributed by atoms with Crippen molar-refractivity contribution in [3.8, 4) is 17.2 Å². The third-order valence-electron chi connectivity index (χ3n) is 15.0. The van der Waals surface area contributed by atoms with Crippen LogP contribution in [0.4, 0.5) is 4.79 Å². The van der Waals surface area contributed by atoms with Gasteiger partial charge in [-0.2, -0.15) is 0 Å². The number of aryl methyl sites for hydroxylation is 2. The van der Waals surface area contributed by atoms with Crippen LogP contribution in [-0.2, 0) is 38.8 Å². The van der Waals surface area contributed by atoms with Gasteiger partial charge in [-0.3, -0.25) is 4.90 Å². The number of allylic oxidation sites excluding steroid dienone is 1. The second-order valence-electron chi connectivity index (χ2n) is 19.8. The van der Waals surface area contributed by atoms with Crippen LogP contribution in [0.1, 0.15) is 84.2 Å². The maximum absolute atomic E-state index is 15.4. The molecule has 1 saturated carbocycles. The molecule has 2 aliphatic carbocycles. The van der Waals surface area contributed by atoms with E-state index >= 15 is 4.79 Å². The van der Waals surface area contributed by atoms with Gasteiger partial charge in [0.25, 0.3) is 0 Å². The number of aliphatic hydroxyl groups is 2. The highest BCUT2D eigenvalue weighted by Gasteiger charge is 2.66. The Kier molecular flexibility index (Phi) is 17.6. The van der Waals surface area contributed by atoms with Gasteiger partial charge in [0, 0.05) is 31.1 Å². The van der Waals surface area contributed by atoms with Crippen LogP contribution in [0.25, 0.3) is 10.8 Å². The van der Waals surface area contributed by atoms with Crippen molar-refractivity contribution in [2.45, 2.75) is 96.3 Å². The lowest BCUT2D eigenvalue weighted by molar-refractivity contribution is -0.256. The lowest BCUT2D eigenvalue weighted by atomic mass is 9.55. The number of nitrogens with zero attached hydrogens (tertiary/aromatic N) is 2. The summed E-state index contributed by atoms with van der Waals surface area (Å²) in [7, 11) is 0. The first-order valence-corrected chi connectivity index (χ1v) is 26.3. The molecule has 0 bridgehead atoms. The number of fused-ring (bicyclic) bond motifs is 3. The number of aliphatic hydroxyl groups excluding tert-OH is 2. The third-order valence-corrected chi connectivity index (χ3v) is 15.0. The van der Waals surface area contributed by atoms with E-state index in [1.165, 1.54) is 5.56 Å². The minimum Gasteiger partial charge on any atom is -0.459 e. The number of oxime groups is 1. The predicted octanol–water partition coefficient (Wildman–Crippen LogP) is 12.9. The van der Waals surface area contributed by atoms with Crippen molar-refractivity contribution in [1.82, 2.24) is 4.90 Å². The molecule has 0 aromatic heterocycles. The number of carbonyl (C=O) groups excluding carboxylic acids is 1. The molecule has 386 valence electrons. The molecule has 11 nitrogen and oxygen atoms in total. The Hall–Kier alpha value is -6.76. The smallest absolute Gasteiger partial charge is 0.410 e. The normalized spacial score (nSPS) is 21.2. The van der Waals surface area contributed by atoms with Crippen LogP contribution in [0.2, 0.25) is 0 Å². The maximum atomic E-state index is 15.4. The quantitative estimate of drug-likeness (QED) is 0.0346. The molecule has 0 radical (unpaired) electrons. The molecule has 1 heterocycles. The van der Waals surface area contributed by atoms with Crippen LogP contribution in [-0.4, -0.2) is 71.8 Å². The minimum absolute atomic E-state index is 0.0126. The summed E-state index contributed by atoms with van der Waals surface area (Å²) in [5.74, 6) is -0.203. The van der Waals surface area contributed by atoms with Gasteiger partial charge in [-0.15, -0.1) is 6.58 Å². The molecule has 3 aliphatic rings. The Labute approximate surface area is 436 Å². The summed E-state index contributed by atoms with van der Waals surface area (Å²) in [6.07, 6.45) is 8.27. The predicted molar refractivity (Wildman–Crippen MR) is 289 cm³/mol. The van der Waals surface area contributed by atoms with Crippen LogP contribution in [0, 0.1) is 31.6 Å². The van der Waals surface area contributed by atoms with Crippen LogP contribution in [0.5, 0.6) is 17.2 Å². The Bertz CT molecular complexity index is 2880. The van der Waals surface area contributed by atoms with Crippen molar-refractivity contribution >= 4 is 22.6 Å². The van der Waals surface area contributed by atoms with Crippen LogP contribution in [0.15, 0.2) is 169 Å². The average Bonchev–Trinajstić information content (AvgIpc) is 3.46. The number of unbranched alkanes of at least 4 members (excludes halogenated alkanes) is 2. The first-order valence-electron chi connectivity index (χ1n) is 26.3. The molecule has 74 heavy (non-hydrogen) atoms. The van der Waals surface area contributed by atoms with Crippen molar-refractivity contribution in [2.24, 2.45) is 22.9 Å². The number of hydrogen-bond donors (Lipinski definition) is 2. The summed E-state index contributed by atoms with van der Waals surface area (Å²) in [6.45, 7) is 9.57. The van der Waals surface area contributed by atoms with Gasteiger partial charge in [-0.05, 0) is 126 Å².